The van der Waals surface area contributed by atoms with Gasteiger partial charge in [-0.3, -0.25) is 4.99 Å². The average molecular weight is 285 g/mol. The second-order valence-corrected chi connectivity index (χ2v) is 4.41. The van der Waals surface area contributed by atoms with Gasteiger partial charge in [0.2, 0.25) is 6.79 Å². The molecule has 1 heterocycles. The molecular weight excluding hydrogens is 270 g/mol. The van der Waals surface area contributed by atoms with E-state index < -0.39 is 0 Å². The van der Waals surface area contributed by atoms with Gasteiger partial charge in [0, 0.05) is 12.3 Å². The van der Waals surface area contributed by atoms with Crippen LogP contribution in [0, 0.1) is 0 Å². The highest BCUT2D eigenvalue weighted by Gasteiger charge is 2.12. The molecule has 5 nitrogen and oxygen atoms in total. The van der Waals surface area contributed by atoms with Crippen LogP contribution in [0.1, 0.15) is 5.56 Å². The fourth-order valence-electron chi connectivity index (χ4n) is 2.04. The summed E-state index contributed by atoms with van der Waals surface area (Å²) in [6.07, 6.45) is 1.75. The van der Waals surface area contributed by atoms with Gasteiger partial charge in [-0.1, -0.05) is 0 Å². The van der Waals surface area contributed by atoms with Crippen LogP contribution in [0.3, 0.4) is 0 Å². The molecule has 1 aliphatic heterocycles. The first kappa shape index (κ1) is 13.3. The number of hydrogen-bond acceptors (Lipinski definition) is 5. The SMILES string of the molecule is COc1ccc(OC)c(N=Cc2ccc3c(c2)OCO3)c1. The predicted octanol–water partition coefficient (Wildman–Crippen LogP) is 3.18. The molecule has 2 aromatic carbocycles. The summed E-state index contributed by atoms with van der Waals surface area (Å²) in [5.74, 6) is 2.91. The Kier molecular flexibility index (Phi) is 3.64. The third-order valence-electron chi connectivity index (χ3n) is 3.14. The lowest BCUT2D eigenvalue weighted by Gasteiger charge is -2.06. The van der Waals surface area contributed by atoms with E-state index >= 15 is 0 Å². The third kappa shape index (κ3) is 2.76. The van der Waals surface area contributed by atoms with Gasteiger partial charge in [0.1, 0.15) is 17.2 Å². The molecule has 1 aliphatic rings. The van der Waals surface area contributed by atoms with E-state index in [4.69, 9.17) is 18.9 Å². The van der Waals surface area contributed by atoms with Crippen LogP contribution in [-0.2, 0) is 0 Å². The molecule has 0 radical (unpaired) electrons. The Morgan fingerprint density at radius 1 is 1.00 bits per heavy atom. The van der Waals surface area contributed by atoms with Crippen LogP contribution < -0.4 is 18.9 Å². The molecule has 0 spiro atoms. The van der Waals surface area contributed by atoms with Crippen molar-refractivity contribution in [1.82, 2.24) is 0 Å². The molecule has 0 bridgehead atoms. The van der Waals surface area contributed by atoms with Gasteiger partial charge in [0.15, 0.2) is 11.5 Å². The quantitative estimate of drug-likeness (QED) is 0.809. The van der Waals surface area contributed by atoms with Gasteiger partial charge < -0.3 is 18.9 Å². The Bertz CT molecular complexity index is 682. The van der Waals surface area contributed by atoms with Crippen molar-refractivity contribution in [2.75, 3.05) is 21.0 Å². The van der Waals surface area contributed by atoms with E-state index in [0.29, 0.717) is 11.4 Å². The molecule has 0 aliphatic carbocycles. The maximum Gasteiger partial charge on any atom is 0.231 e. The smallest absolute Gasteiger partial charge is 0.231 e. The minimum Gasteiger partial charge on any atom is -0.497 e. The summed E-state index contributed by atoms with van der Waals surface area (Å²) < 4.78 is 21.1. The zero-order chi connectivity index (χ0) is 14.7. The van der Waals surface area contributed by atoms with Crippen molar-refractivity contribution in [1.29, 1.82) is 0 Å². The van der Waals surface area contributed by atoms with Crippen LogP contribution in [0.4, 0.5) is 5.69 Å². The lowest BCUT2D eigenvalue weighted by Crippen LogP contribution is -1.92. The van der Waals surface area contributed by atoms with Gasteiger partial charge in [-0.2, -0.15) is 0 Å². The Balaban J connectivity index is 1.88. The number of nitrogens with zero attached hydrogens (tertiary/aromatic N) is 1. The lowest BCUT2D eigenvalue weighted by atomic mass is 10.2. The van der Waals surface area contributed by atoms with Gasteiger partial charge in [-0.25, -0.2) is 0 Å². The molecule has 0 fully saturated rings. The highest BCUT2D eigenvalue weighted by Crippen LogP contribution is 2.33. The van der Waals surface area contributed by atoms with Gasteiger partial charge in [-0.15, -0.1) is 0 Å². The molecule has 0 amide bonds. The van der Waals surface area contributed by atoms with E-state index in [2.05, 4.69) is 4.99 Å². The third-order valence-corrected chi connectivity index (χ3v) is 3.14. The molecule has 5 heteroatoms. The van der Waals surface area contributed by atoms with E-state index in [1.165, 1.54) is 0 Å². The molecule has 0 saturated heterocycles. The zero-order valence-electron chi connectivity index (χ0n) is 11.8. The number of fused-ring (bicyclic) bond motifs is 1. The van der Waals surface area contributed by atoms with Crippen molar-refractivity contribution in [2.24, 2.45) is 4.99 Å². The van der Waals surface area contributed by atoms with E-state index in [0.717, 1.165) is 22.8 Å². The van der Waals surface area contributed by atoms with Crippen LogP contribution in [-0.4, -0.2) is 27.2 Å². The topological polar surface area (TPSA) is 49.3 Å². The monoisotopic (exact) mass is 285 g/mol. The van der Waals surface area contributed by atoms with Crippen molar-refractivity contribution in [3.63, 3.8) is 0 Å². The van der Waals surface area contributed by atoms with Crippen LogP contribution in [0.25, 0.3) is 0 Å². The molecule has 0 aromatic heterocycles. The first-order chi connectivity index (χ1) is 10.3. The van der Waals surface area contributed by atoms with Crippen molar-refractivity contribution in [3.8, 4) is 23.0 Å². The van der Waals surface area contributed by atoms with Crippen molar-refractivity contribution in [3.05, 3.63) is 42.0 Å². The van der Waals surface area contributed by atoms with E-state index in [9.17, 15) is 0 Å². The number of rotatable bonds is 4. The second kappa shape index (κ2) is 5.75. The molecule has 0 unspecified atom stereocenters. The number of aliphatic imine (C=N–C) groups is 1. The zero-order valence-corrected chi connectivity index (χ0v) is 11.8. The standard InChI is InChI=1S/C16H15NO4/c1-18-12-4-6-14(19-2)13(8-12)17-9-11-3-5-15-16(7-11)21-10-20-15/h3-9H,10H2,1-2H3. The van der Waals surface area contributed by atoms with Gasteiger partial charge in [-0.05, 0) is 35.9 Å². The van der Waals surface area contributed by atoms with Gasteiger partial charge in [0.25, 0.3) is 0 Å². The highest BCUT2D eigenvalue weighted by molar-refractivity contribution is 5.84. The largest absolute Gasteiger partial charge is 0.497 e. The number of hydrogen-bond donors (Lipinski definition) is 0. The fraction of sp³-hybridized carbons (Fsp3) is 0.188. The van der Waals surface area contributed by atoms with Crippen LogP contribution in [0.5, 0.6) is 23.0 Å². The number of ether oxygens (including phenoxy) is 4. The number of methoxy groups -OCH3 is 2. The fourth-order valence-corrected chi connectivity index (χ4v) is 2.04. The lowest BCUT2D eigenvalue weighted by molar-refractivity contribution is 0.174. The Morgan fingerprint density at radius 3 is 2.67 bits per heavy atom. The summed E-state index contributed by atoms with van der Waals surface area (Å²) in [5, 5.41) is 0. The maximum atomic E-state index is 5.34. The molecular formula is C16H15NO4. The van der Waals surface area contributed by atoms with E-state index in [1.54, 1.807) is 20.4 Å². The molecule has 0 atom stereocenters. The summed E-state index contributed by atoms with van der Waals surface area (Å²) in [6.45, 7) is 0.264. The molecule has 108 valence electrons. The minimum absolute atomic E-state index is 0.264. The van der Waals surface area contributed by atoms with Gasteiger partial charge in [0.05, 0.1) is 14.2 Å². The normalized spacial score (nSPS) is 12.7. The summed E-state index contributed by atoms with van der Waals surface area (Å²) in [7, 11) is 3.23. The maximum absolute atomic E-state index is 5.34. The molecule has 0 saturated carbocycles. The highest BCUT2D eigenvalue weighted by atomic mass is 16.7. The van der Waals surface area contributed by atoms with E-state index in [-0.39, 0.29) is 6.79 Å². The Labute approximate surface area is 122 Å². The van der Waals surface area contributed by atoms with Crippen molar-refractivity contribution < 1.29 is 18.9 Å². The summed E-state index contributed by atoms with van der Waals surface area (Å²) in [6, 6.07) is 11.2. The molecule has 3 rings (SSSR count). The summed E-state index contributed by atoms with van der Waals surface area (Å²) >= 11 is 0. The van der Waals surface area contributed by atoms with Crippen LogP contribution in [0.2, 0.25) is 0 Å². The second-order valence-electron chi connectivity index (χ2n) is 4.41. The van der Waals surface area contributed by atoms with Crippen LogP contribution >= 0.6 is 0 Å². The molecule has 21 heavy (non-hydrogen) atoms. The predicted molar refractivity (Wildman–Crippen MR) is 79.4 cm³/mol. The van der Waals surface area contributed by atoms with E-state index in [1.807, 2.05) is 36.4 Å². The van der Waals surface area contributed by atoms with Crippen molar-refractivity contribution >= 4 is 11.9 Å². The van der Waals surface area contributed by atoms with Gasteiger partial charge >= 0.3 is 0 Å². The Morgan fingerprint density at radius 2 is 1.86 bits per heavy atom. The summed E-state index contributed by atoms with van der Waals surface area (Å²) in [4.78, 5) is 4.45. The molecule has 2 aromatic rings. The van der Waals surface area contributed by atoms with Crippen molar-refractivity contribution in [2.45, 2.75) is 0 Å². The minimum atomic E-state index is 0.264. The van der Waals surface area contributed by atoms with Crippen LogP contribution in [0.15, 0.2) is 41.4 Å². The first-order valence-electron chi connectivity index (χ1n) is 6.46. The average Bonchev–Trinajstić information content (AvgIpc) is 3.00. The number of benzene rings is 2. The molecule has 0 N–H and O–H groups in total. The first-order valence-corrected chi connectivity index (χ1v) is 6.46. The Hall–Kier alpha value is -2.69. The summed E-state index contributed by atoms with van der Waals surface area (Å²) in [5.41, 5.74) is 1.62.